The van der Waals surface area contributed by atoms with Crippen LogP contribution in [0.1, 0.15) is 45.7 Å². The van der Waals surface area contributed by atoms with E-state index in [-0.39, 0.29) is 10.8 Å². The van der Waals surface area contributed by atoms with Crippen molar-refractivity contribution < 1.29 is 13.2 Å². The Labute approximate surface area is 185 Å². The summed E-state index contributed by atoms with van der Waals surface area (Å²) in [7, 11) is -3.57. The van der Waals surface area contributed by atoms with Crippen LogP contribution in [0.3, 0.4) is 0 Å². The van der Waals surface area contributed by atoms with Gasteiger partial charge in [-0.3, -0.25) is 4.79 Å². The van der Waals surface area contributed by atoms with Crippen molar-refractivity contribution in [3.8, 4) is 0 Å². The molecule has 3 heterocycles. The molecule has 0 spiro atoms. The Morgan fingerprint density at radius 1 is 0.935 bits per heavy atom. The number of aryl methyl sites for hydroxylation is 3. The number of benzene rings is 1. The first-order chi connectivity index (χ1) is 14.7. The zero-order chi connectivity index (χ0) is 22.3. The number of aromatic amines is 1. The summed E-state index contributed by atoms with van der Waals surface area (Å²) < 4.78 is 27.8. The summed E-state index contributed by atoms with van der Waals surface area (Å²) in [5, 5.41) is 0. The highest BCUT2D eigenvalue weighted by Gasteiger charge is 2.34. The number of carbonyl (C=O) groups is 1. The lowest BCUT2D eigenvalue weighted by Crippen LogP contribution is -2.49. The van der Waals surface area contributed by atoms with Crippen LogP contribution in [0, 0.1) is 27.7 Å². The molecule has 2 fully saturated rings. The molecular formula is C23H32N4O3S. The SMILES string of the molecule is Cc1ccc(C)c(N2CCN(C(=O)c3[nH]c(C)c(S(=O)(=O)N4CCCC4)c3C)CC2)c1. The molecule has 8 heteroatoms. The molecule has 1 N–H and O–H groups in total. The van der Waals surface area contributed by atoms with Crippen LogP contribution in [0.4, 0.5) is 5.69 Å². The molecule has 0 saturated carbocycles. The van der Waals surface area contributed by atoms with Gasteiger partial charge in [0, 0.05) is 50.6 Å². The van der Waals surface area contributed by atoms with Gasteiger partial charge in [0.1, 0.15) is 10.6 Å². The second kappa shape index (κ2) is 8.31. The van der Waals surface area contributed by atoms with E-state index in [1.807, 2.05) is 4.90 Å². The summed E-state index contributed by atoms with van der Waals surface area (Å²) in [5.41, 5.74) is 5.16. The van der Waals surface area contributed by atoms with Crippen LogP contribution in [0.15, 0.2) is 23.1 Å². The standard InChI is InChI=1S/C23H32N4O3S/c1-16-7-8-17(2)20(15-16)25-11-13-26(14-12-25)23(28)21-18(3)22(19(4)24-21)31(29,30)27-9-5-6-10-27/h7-8,15,24H,5-6,9-14H2,1-4H3. The Kier molecular flexibility index (Phi) is 5.87. The van der Waals surface area contributed by atoms with Crippen LogP contribution < -0.4 is 4.90 Å². The minimum absolute atomic E-state index is 0.121. The molecule has 2 aliphatic heterocycles. The number of anilines is 1. The quantitative estimate of drug-likeness (QED) is 0.787. The van der Waals surface area contributed by atoms with Gasteiger partial charge in [-0.15, -0.1) is 0 Å². The van der Waals surface area contributed by atoms with E-state index in [4.69, 9.17) is 0 Å². The Morgan fingerprint density at radius 2 is 1.58 bits per heavy atom. The first-order valence-corrected chi connectivity index (χ1v) is 12.4. The van der Waals surface area contributed by atoms with Crippen molar-refractivity contribution in [3.63, 3.8) is 0 Å². The lowest BCUT2D eigenvalue weighted by Gasteiger charge is -2.37. The predicted octanol–water partition coefficient (Wildman–Crippen LogP) is 3.00. The Balaban J connectivity index is 1.52. The lowest BCUT2D eigenvalue weighted by atomic mass is 10.1. The Bertz CT molecular complexity index is 1090. The summed E-state index contributed by atoms with van der Waals surface area (Å²) in [6, 6.07) is 6.44. The fraction of sp³-hybridized carbons (Fsp3) is 0.522. The number of piperazine rings is 1. The van der Waals surface area contributed by atoms with Crippen molar-refractivity contribution >= 4 is 21.6 Å². The first kappa shape index (κ1) is 21.9. The van der Waals surface area contributed by atoms with Gasteiger partial charge in [0.05, 0.1) is 0 Å². The maximum absolute atomic E-state index is 13.3. The average Bonchev–Trinajstić information content (AvgIpc) is 3.38. The smallest absolute Gasteiger partial charge is 0.270 e. The summed E-state index contributed by atoms with van der Waals surface area (Å²) >= 11 is 0. The van der Waals surface area contributed by atoms with Crippen LogP contribution in [-0.2, 0) is 10.0 Å². The predicted molar refractivity (Wildman–Crippen MR) is 122 cm³/mol. The van der Waals surface area contributed by atoms with Crippen molar-refractivity contribution in [3.05, 3.63) is 46.3 Å². The van der Waals surface area contributed by atoms with Gasteiger partial charge in [-0.2, -0.15) is 4.31 Å². The largest absolute Gasteiger partial charge is 0.368 e. The Morgan fingerprint density at radius 3 is 2.23 bits per heavy atom. The van der Waals surface area contributed by atoms with Gasteiger partial charge in [-0.25, -0.2) is 8.42 Å². The number of rotatable bonds is 4. The van der Waals surface area contributed by atoms with E-state index in [1.54, 1.807) is 13.8 Å². The highest BCUT2D eigenvalue weighted by atomic mass is 32.2. The van der Waals surface area contributed by atoms with Crippen LogP contribution in [0.2, 0.25) is 0 Å². The van der Waals surface area contributed by atoms with Gasteiger partial charge in [0.2, 0.25) is 10.0 Å². The molecule has 7 nitrogen and oxygen atoms in total. The van der Waals surface area contributed by atoms with Crippen molar-refractivity contribution in [2.75, 3.05) is 44.2 Å². The van der Waals surface area contributed by atoms with E-state index in [2.05, 4.69) is 41.9 Å². The van der Waals surface area contributed by atoms with Gasteiger partial charge in [0.15, 0.2) is 0 Å². The maximum Gasteiger partial charge on any atom is 0.270 e. The Hall–Kier alpha value is -2.32. The highest BCUT2D eigenvalue weighted by molar-refractivity contribution is 7.89. The van der Waals surface area contributed by atoms with E-state index >= 15 is 0 Å². The van der Waals surface area contributed by atoms with E-state index in [1.165, 1.54) is 21.1 Å². The maximum atomic E-state index is 13.3. The van der Waals surface area contributed by atoms with Gasteiger partial charge in [-0.1, -0.05) is 12.1 Å². The van der Waals surface area contributed by atoms with E-state index < -0.39 is 10.0 Å². The first-order valence-electron chi connectivity index (χ1n) is 11.0. The molecule has 0 radical (unpaired) electrons. The average molecular weight is 445 g/mol. The van der Waals surface area contributed by atoms with Crippen LogP contribution >= 0.6 is 0 Å². The molecule has 1 aromatic heterocycles. The molecule has 4 rings (SSSR count). The number of hydrogen-bond acceptors (Lipinski definition) is 4. The molecule has 2 saturated heterocycles. The molecule has 0 aliphatic carbocycles. The third-order valence-corrected chi connectivity index (χ3v) is 8.69. The fourth-order valence-corrected chi connectivity index (χ4v) is 6.68. The summed E-state index contributed by atoms with van der Waals surface area (Å²) in [6.45, 7) is 11.5. The van der Waals surface area contributed by atoms with E-state index in [0.29, 0.717) is 43.1 Å². The molecule has 2 aliphatic rings. The number of nitrogens with one attached hydrogen (secondary N) is 1. The molecule has 0 atom stereocenters. The normalized spacial score (nSPS) is 18.1. The summed E-state index contributed by atoms with van der Waals surface area (Å²) in [6.07, 6.45) is 1.77. The minimum Gasteiger partial charge on any atom is -0.368 e. The third-order valence-electron chi connectivity index (χ3n) is 6.52. The molecule has 1 amide bonds. The second-order valence-electron chi connectivity index (χ2n) is 8.76. The molecule has 0 unspecified atom stereocenters. The van der Waals surface area contributed by atoms with Gasteiger partial charge in [-0.05, 0) is 63.3 Å². The number of aromatic nitrogens is 1. The lowest BCUT2D eigenvalue weighted by molar-refractivity contribution is 0.0740. The zero-order valence-electron chi connectivity index (χ0n) is 18.9. The second-order valence-corrected chi connectivity index (χ2v) is 10.6. The van der Waals surface area contributed by atoms with E-state index in [0.717, 1.165) is 25.9 Å². The molecule has 31 heavy (non-hydrogen) atoms. The number of H-pyrrole nitrogens is 1. The number of carbonyl (C=O) groups excluding carboxylic acids is 1. The molecule has 168 valence electrons. The highest BCUT2D eigenvalue weighted by Crippen LogP contribution is 2.30. The monoisotopic (exact) mass is 444 g/mol. The molecule has 1 aromatic carbocycles. The summed E-state index contributed by atoms with van der Waals surface area (Å²) in [5.74, 6) is -0.121. The zero-order valence-corrected chi connectivity index (χ0v) is 19.7. The van der Waals surface area contributed by atoms with Crippen molar-refractivity contribution in [2.24, 2.45) is 0 Å². The van der Waals surface area contributed by atoms with Crippen molar-refractivity contribution in [1.29, 1.82) is 0 Å². The van der Waals surface area contributed by atoms with Gasteiger partial charge >= 0.3 is 0 Å². The number of amides is 1. The molecule has 2 aromatic rings. The fourth-order valence-electron chi connectivity index (χ4n) is 4.76. The number of sulfonamides is 1. The van der Waals surface area contributed by atoms with Gasteiger partial charge in [0.25, 0.3) is 5.91 Å². The molecular weight excluding hydrogens is 412 g/mol. The molecule has 0 bridgehead atoms. The minimum atomic E-state index is -3.57. The van der Waals surface area contributed by atoms with Crippen LogP contribution in [0.5, 0.6) is 0 Å². The van der Waals surface area contributed by atoms with E-state index in [9.17, 15) is 13.2 Å². The van der Waals surface area contributed by atoms with Crippen molar-refractivity contribution in [1.82, 2.24) is 14.2 Å². The van der Waals surface area contributed by atoms with Crippen LogP contribution in [-0.4, -0.2) is 67.8 Å². The van der Waals surface area contributed by atoms with Gasteiger partial charge < -0.3 is 14.8 Å². The third kappa shape index (κ3) is 3.99. The number of nitrogens with zero attached hydrogens (tertiary/aromatic N) is 3. The summed E-state index contributed by atoms with van der Waals surface area (Å²) in [4.78, 5) is 20.8. The number of hydrogen-bond donors (Lipinski definition) is 1. The van der Waals surface area contributed by atoms with Crippen molar-refractivity contribution in [2.45, 2.75) is 45.4 Å². The topological polar surface area (TPSA) is 76.7 Å². The van der Waals surface area contributed by atoms with Crippen LogP contribution in [0.25, 0.3) is 0 Å².